The summed E-state index contributed by atoms with van der Waals surface area (Å²) in [5.41, 5.74) is 19.9. The van der Waals surface area contributed by atoms with Gasteiger partial charge in [-0.25, -0.2) is 9.78 Å². The van der Waals surface area contributed by atoms with Crippen LogP contribution < -0.4 is 91.6 Å². The predicted octanol–water partition coefficient (Wildman–Crippen LogP) is -3.32. The number of aliphatic carboxylic acids is 4. The highest BCUT2D eigenvalue weighted by atomic mass is 16.4. The minimum atomic E-state index is -2.04. The second kappa shape index (κ2) is 52.0. The Balaban J connectivity index is 1.11. The van der Waals surface area contributed by atoms with Crippen molar-refractivity contribution in [1.29, 1.82) is 5.41 Å². The zero-order chi connectivity index (χ0) is 98.7. The average Bonchev–Trinajstić information content (AvgIpc) is 1.66. The van der Waals surface area contributed by atoms with E-state index < -0.39 is 253 Å². The molecule has 4 heterocycles. The van der Waals surface area contributed by atoms with Crippen molar-refractivity contribution in [2.75, 3.05) is 19.6 Å². The van der Waals surface area contributed by atoms with Gasteiger partial charge in [0.25, 0.3) is 0 Å². The zero-order valence-electron chi connectivity index (χ0n) is 75.4. The molecule has 29 N–H and O–H groups in total. The van der Waals surface area contributed by atoms with Gasteiger partial charge < -0.3 is 137 Å². The van der Waals surface area contributed by atoms with Gasteiger partial charge in [0.15, 0.2) is 5.96 Å². The number of unbranched alkanes of at least 4 members (excludes halogenated alkanes) is 1. The number of rotatable bonds is 55. The van der Waals surface area contributed by atoms with E-state index in [0.717, 1.165) is 11.8 Å². The maximum Gasteiger partial charge on any atom is 0.326 e. The number of hydrogen-bond acceptors (Lipinski definition) is 23. The average molecular weight is 1870 g/mol. The minimum absolute atomic E-state index is 0.0601. The van der Waals surface area contributed by atoms with Gasteiger partial charge in [0.2, 0.25) is 82.7 Å². The van der Waals surface area contributed by atoms with Gasteiger partial charge in [0.1, 0.15) is 84.6 Å². The number of nitrogens with one attached hydrogen (secondary N) is 18. The Morgan fingerprint density at radius 1 is 0.478 bits per heavy atom. The van der Waals surface area contributed by atoms with E-state index in [4.69, 9.17) is 22.6 Å². The molecule has 46 heteroatoms. The summed E-state index contributed by atoms with van der Waals surface area (Å²) in [4.78, 5) is 266. The Morgan fingerprint density at radius 3 is 1.45 bits per heavy atom. The van der Waals surface area contributed by atoms with Crippen molar-refractivity contribution in [2.24, 2.45) is 29.0 Å². The number of carbonyl (C=O) groups excluding carboxylic acids is 14. The van der Waals surface area contributed by atoms with E-state index in [2.05, 4.69) is 94.4 Å². The molecule has 16 atom stereocenters. The van der Waals surface area contributed by atoms with Crippen LogP contribution in [0.15, 0.2) is 104 Å². The van der Waals surface area contributed by atoms with Gasteiger partial charge in [0, 0.05) is 85.6 Å². The molecule has 14 amide bonds. The van der Waals surface area contributed by atoms with Crippen molar-refractivity contribution >= 4 is 134 Å². The number of nitrogens with zero attached hydrogens (tertiary/aromatic N) is 2. The molecule has 0 spiro atoms. The van der Waals surface area contributed by atoms with Crippen LogP contribution in [0, 0.1) is 17.2 Å². The standard InChI is InChI=1S/C88H123N23O23/c1-44(2)33-60(103-75(121)58(26-17-31-94-88(91)92)100-81(127)63(38-69(115)116)105-83(129)67-27-18-32-111(67)86(132)65(37-52-42-93-43-97-52)107-82(128)64(39-70(117)118)106-85(131)72(48(7)112)110-84(130)71(45(3)4)109-73(119)46(5)90)79(125)104-61(35-50-40-95-55-23-13-11-21-53(50)55)78(124)98-47(6)74(120)102-62(36-51-41-96-56-24-14-12-22-54(51)56)80(126)101-59(28-29-68(113)114)77(123)99-57(25-15-16-30-89)76(122)108-66(87(133)134)34-49-19-9-8-10-20-49/h8-14,19-24,40-48,57-67,71-72,95-96,112H,15-18,25-39,89-90H2,1-7H3,(H,93,97)(H,98,124)(H,99,123)(H,100,127)(H,101,126)(H,102,120)(H,103,121)(H,104,125)(H,105,129)(H,106,131)(H,107,128)(H,108,122)(H,109,119)(H,110,130)(H,113,114)(H,115,116)(H,117,118)(H,133,134)(H4,91,92,94)/t46-,47-,48+,57-,58-,59-,60-,61-,62-,63-,64-,65-,66-,67-,71-,72-/m0/s1. The quantitative estimate of drug-likeness (QED) is 0.0101. The highest BCUT2D eigenvalue weighted by Crippen LogP contribution is 2.25. The van der Waals surface area contributed by atoms with Crippen molar-refractivity contribution in [1.82, 2.24) is 99.3 Å². The van der Waals surface area contributed by atoms with Gasteiger partial charge in [-0.05, 0) is 126 Å². The maximum atomic E-state index is 15.1. The molecular weight excluding hydrogens is 1750 g/mol. The molecule has 1 fully saturated rings. The summed E-state index contributed by atoms with van der Waals surface area (Å²) in [5, 5.41) is 95.1. The number of para-hydroxylation sites is 2. The van der Waals surface area contributed by atoms with Crippen LogP contribution in [0.25, 0.3) is 21.8 Å². The van der Waals surface area contributed by atoms with E-state index >= 15 is 9.59 Å². The number of guanidine groups is 1. The lowest BCUT2D eigenvalue weighted by molar-refractivity contribution is -0.145. The number of aliphatic hydroxyl groups excluding tert-OH is 1. The van der Waals surface area contributed by atoms with Crippen LogP contribution in [0.3, 0.4) is 0 Å². The number of H-pyrrole nitrogens is 3. The molecular formula is C88H123N23O23. The number of aliphatic hydroxyl groups is 1. The number of carboxylic acid groups (broad SMARTS) is 4. The summed E-state index contributed by atoms with van der Waals surface area (Å²) < 4.78 is 0. The Labute approximate surface area is 770 Å². The fourth-order valence-electron chi connectivity index (χ4n) is 15.0. The lowest BCUT2D eigenvalue weighted by atomic mass is 9.99. The number of carboxylic acids is 4. The van der Waals surface area contributed by atoms with Crippen LogP contribution in [0.5, 0.6) is 0 Å². The number of nitrogens with two attached hydrogens (primary N) is 3. The van der Waals surface area contributed by atoms with E-state index in [9.17, 15) is 102 Å². The van der Waals surface area contributed by atoms with Crippen molar-refractivity contribution in [3.05, 3.63) is 126 Å². The Hall–Kier alpha value is -14.4. The zero-order valence-corrected chi connectivity index (χ0v) is 75.4. The van der Waals surface area contributed by atoms with E-state index in [1.807, 2.05) is 0 Å². The highest BCUT2D eigenvalue weighted by molar-refractivity contribution is 6.02. The van der Waals surface area contributed by atoms with E-state index in [1.54, 1.807) is 119 Å². The smallest absolute Gasteiger partial charge is 0.326 e. The van der Waals surface area contributed by atoms with E-state index in [1.165, 1.54) is 26.4 Å². The lowest BCUT2D eigenvalue weighted by Crippen LogP contribution is -2.62. The molecule has 1 aliphatic rings. The second-order valence-electron chi connectivity index (χ2n) is 33.7. The van der Waals surface area contributed by atoms with Gasteiger partial charge in [-0.1, -0.05) is 94.4 Å². The number of likely N-dealkylation sites (tertiary alicyclic amines) is 1. The van der Waals surface area contributed by atoms with Gasteiger partial charge in [0.05, 0.1) is 37.0 Å². The third-order valence-electron chi connectivity index (χ3n) is 22.1. The normalized spacial score (nSPS) is 15.8. The number of hydrogen-bond donors (Lipinski definition) is 26. The summed E-state index contributed by atoms with van der Waals surface area (Å²) >= 11 is 0. The van der Waals surface area contributed by atoms with Crippen molar-refractivity contribution < 1.29 is 112 Å². The van der Waals surface area contributed by atoms with Gasteiger partial charge in [-0.15, -0.1) is 0 Å². The monoisotopic (exact) mass is 1870 g/mol. The van der Waals surface area contributed by atoms with Crippen molar-refractivity contribution in [3.63, 3.8) is 0 Å². The number of aromatic amines is 3. The van der Waals surface area contributed by atoms with Crippen LogP contribution in [0.1, 0.15) is 148 Å². The van der Waals surface area contributed by atoms with Crippen LogP contribution in [-0.4, -0.2) is 279 Å². The fourth-order valence-corrected chi connectivity index (χ4v) is 15.0. The summed E-state index contributed by atoms with van der Waals surface area (Å²) in [6, 6.07) is -2.00. The molecule has 46 nitrogen and oxygen atoms in total. The molecule has 6 aromatic rings. The van der Waals surface area contributed by atoms with Crippen molar-refractivity contribution in [3.8, 4) is 0 Å². The molecule has 1 saturated heterocycles. The molecule has 0 bridgehead atoms. The first-order valence-electron chi connectivity index (χ1n) is 44.0. The number of carbonyl (C=O) groups is 18. The first-order valence-corrected chi connectivity index (χ1v) is 44.0. The van der Waals surface area contributed by atoms with Gasteiger partial charge in [-0.2, -0.15) is 0 Å². The predicted molar refractivity (Wildman–Crippen MR) is 483 cm³/mol. The molecule has 134 heavy (non-hydrogen) atoms. The Bertz CT molecular complexity index is 5120. The number of fused-ring (bicyclic) bond motifs is 2. The second-order valence-corrected chi connectivity index (χ2v) is 33.7. The largest absolute Gasteiger partial charge is 0.481 e. The number of imidazole rings is 1. The Kier molecular flexibility index (Phi) is 41.3. The molecule has 0 saturated carbocycles. The van der Waals surface area contributed by atoms with E-state index in [-0.39, 0.29) is 89.5 Å². The van der Waals surface area contributed by atoms with E-state index in [0.29, 0.717) is 44.9 Å². The highest BCUT2D eigenvalue weighted by Gasteiger charge is 2.44. The van der Waals surface area contributed by atoms with Crippen LogP contribution >= 0.6 is 0 Å². The summed E-state index contributed by atoms with van der Waals surface area (Å²) in [6.45, 7) is 10.1. The van der Waals surface area contributed by atoms with Crippen molar-refractivity contribution in [2.45, 2.75) is 248 Å². The molecule has 728 valence electrons. The molecule has 3 aromatic carbocycles. The third kappa shape index (κ3) is 33.1. The molecule has 1 aliphatic heterocycles. The van der Waals surface area contributed by atoms with Gasteiger partial charge in [-0.3, -0.25) is 86.9 Å². The lowest BCUT2D eigenvalue weighted by Gasteiger charge is -2.31. The number of aromatic nitrogens is 4. The third-order valence-corrected chi connectivity index (χ3v) is 22.1. The molecule has 0 radical (unpaired) electrons. The molecule has 0 aliphatic carbocycles. The summed E-state index contributed by atoms with van der Waals surface area (Å²) in [7, 11) is 0. The van der Waals surface area contributed by atoms with Crippen LogP contribution in [0.4, 0.5) is 0 Å². The maximum absolute atomic E-state index is 15.1. The Morgan fingerprint density at radius 2 is 0.940 bits per heavy atom. The molecule has 3 aromatic heterocycles. The first-order chi connectivity index (χ1) is 63.5. The van der Waals surface area contributed by atoms with Crippen LogP contribution in [0.2, 0.25) is 0 Å². The molecule has 7 rings (SSSR count). The minimum Gasteiger partial charge on any atom is -0.481 e. The SMILES string of the molecule is CC(C)C[C@H](NC(=O)[C@H](CCCNC(=N)N)NC(=O)[C@H](CC(=O)O)NC(=O)[C@@H]1CCCN1C(=O)[C@H](Cc1c[nH]cn1)NC(=O)[C@H](CC(=O)O)NC(=O)[C@@H](NC(=O)[C@@H](NC(=O)[C@H](C)N)C(C)C)[C@@H](C)O)C(=O)N[C@@H](Cc1c[nH]c2ccccc12)C(=O)N[C@@H](C)C(=O)N[C@@H](Cc1c[nH]c2ccccc12)C(=O)N[C@@H](CCC(=O)O)C(=O)N[C@@H](CCCCN)C(=O)N[C@@H](Cc1ccccc1)C(=O)O. The fraction of sp³-hybridized carbons (Fsp3) is 0.500. The summed E-state index contributed by atoms with van der Waals surface area (Å²) in [5.74, 6) is -22.3. The molecule has 0 unspecified atom stereocenters. The first kappa shape index (κ1) is 107. The summed E-state index contributed by atoms with van der Waals surface area (Å²) in [6.07, 6.45) is -0.740. The van der Waals surface area contributed by atoms with Crippen LogP contribution in [-0.2, 0) is 112 Å². The topological polar surface area (TPSA) is 742 Å². The number of benzene rings is 3. The van der Waals surface area contributed by atoms with Gasteiger partial charge >= 0.3 is 23.9 Å². The number of amides is 14.